The van der Waals surface area contributed by atoms with Crippen molar-refractivity contribution in [2.45, 2.75) is 13.0 Å². The molecule has 0 aliphatic rings. The molecule has 18 heavy (non-hydrogen) atoms. The number of nitrogens with two attached hydrogens (primary N) is 1. The lowest BCUT2D eigenvalue weighted by Crippen LogP contribution is -2.14. The molecule has 1 amide bonds. The number of hydrogen-bond acceptors (Lipinski definition) is 4. The number of carbonyl (C=O) groups excluding carboxylic acids is 1. The van der Waals surface area contributed by atoms with Gasteiger partial charge in [0.05, 0.1) is 11.7 Å². The number of hydrogen-bond donors (Lipinski definition) is 2. The minimum atomic E-state index is -0.538. The second-order valence-electron chi connectivity index (χ2n) is 3.91. The van der Waals surface area contributed by atoms with Gasteiger partial charge >= 0.3 is 0 Å². The molecule has 1 atom stereocenters. The summed E-state index contributed by atoms with van der Waals surface area (Å²) < 4.78 is 0. The molecular weight excluding hydrogens is 228 g/mol. The molecule has 3 N–H and O–H groups in total. The lowest BCUT2D eigenvalue weighted by molar-refractivity contribution is 0.0995. The molecule has 5 heteroatoms. The van der Waals surface area contributed by atoms with Gasteiger partial charge in [0, 0.05) is 18.1 Å². The van der Waals surface area contributed by atoms with Crippen molar-refractivity contribution in [2.75, 3.05) is 5.32 Å². The third-order valence-corrected chi connectivity index (χ3v) is 2.53. The SMILES string of the molecule is CC(Nc1ccnc(C(N)=O)c1)c1ccccn1. The first-order valence-electron chi connectivity index (χ1n) is 5.60. The van der Waals surface area contributed by atoms with Crippen LogP contribution < -0.4 is 11.1 Å². The molecule has 1 unspecified atom stereocenters. The van der Waals surface area contributed by atoms with Crippen molar-refractivity contribution in [3.05, 3.63) is 54.1 Å². The van der Waals surface area contributed by atoms with Crippen LogP contribution in [-0.4, -0.2) is 15.9 Å². The number of pyridine rings is 2. The molecule has 0 aliphatic heterocycles. The zero-order valence-electron chi connectivity index (χ0n) is 10.00. The minimum Gasteiger partial charge on any atom is -0.377 e. The number of rotatable bonds is 4. The summed E-state index contributed by atoms with van der Waals surface area (Å²) in [5, 5.41) is 3.24. The van der Waals surface area contributed by atoms with Crippen molar-refractivity contribution in [1.29, 1.82) is 0 Å². The summed E-state index contributed by atoms with van der Waals surface area (Å²) in [4.78, 5) is 19.2. The van der Waals surface area contributed by atoms with Crippen LogP contribution in [-0.2, 0) is 0 Å². The zero-order chi connectivity index (χ0) is 13.0. The largest absolute Gasteiger partial charge is 0.377 e. The van der Waals surface area contributed by atoms with Crippen LogP contribution in [0.2, 0.25) is 0 Å². The van der Waals surface area contributed by atoms with Crippen molar-refractivity contribution in [3.8, 4) is 0 Å². The Bertz CT molecular complexity index is 542. The van der Waals surface area contributed by atoms with Crippen molar-refractivity contribution in [1.82, 2.24) is 9.97 Å². The van der Waals surface area contributed by atoms with Crippen LogP contribution in [0.4, 0.5) is 5.69 Å². The van der Waals surface area contributed by atoms with Crippen LogP contribution in [0.25, 0.3) is 0 Å². The summed E-state index contributed by atoms with van der Waals surface area (Å²) in [6.07, 6.45) is 3.29. The highest BCUT2D eigenvalue weighted by Gasteiger charge is 2.08. The average Bonchev–Trinajstić information content (AvgIpc) is 2.40. The van der Waals surface area contributed by atoms with Crippen LogP contribution in [0, 0.1) is 0 Å². The Morgan fingerprint density at radius 1 is 1.28 bits per heavy atom. The number of primary amides is 1. The third-order valence-electron chi connectivity index (χ3n) is 2.53. The molecule has 0 saturated heterocycles. The number of amides is 1. The van der Waals surface area contributed by atoms with Gasteiger partial charge in [0.15, 0.2) is 0 Å². The van der Waals surface area contributed by atoms with E-state index in [0.29, 0.717) is 0 Å². The number of carbonyl (C=O) groups is 1. The van der Waals surface area contributed by atoms with Crippen molar-refractivity contribution in [2.24, 2.45) is 5.73 Å². The molecule has 0 aliphatic carbocycles. The van der Waals surface area contributed by atoms with E-state index in [1.807, 2.05) is 25.1 Å². The normalized spacial score (nSPS) is 11.8. The number of nitrogens with one attached hydrogen (secondary N) is 1. The molecule has 2 heterocycles. The monoisotopic (exact) mass is 242 g/mol. The van der Waals surface area contributed by atoms with Gasteiger partial charge in [0.2, 0.25) is 0 Å². The first kappa shape index (κ1) is 12.0. The van der Waals surface area contributed by atoms with E-state index < -0.39 is 5.91 Å². The summed E-state index contributed by atoms with van der Waals surface area (Å²) in [5.74, 6) is -0.538. The molecule has 5 nitrogen and oxygen atoms in total. The number of nitrogens with zero attached hydrogens (tertiary/aromatic N) is 2. The van der Waals surface area contributed by atoms with Crippen LogP contribution in [0.3, 0.4) is 0 Å². The Morgan fingerprint density at radius 2 is 2.11 bits per heavy atom. The Labute approximate surface area is 105 Å². The van der Waals surface area contributed by atoms with E-state index in [0.717, 1.165) is 11.4 Å². The maximum atomic E-state index is 11.0. The van der Waals surface area contributed by atoms with Gasteiger partial charge in [-0.25, -0.2) is 0 Å². The van der Waals surface area contributed by atoms with E-state index in [1.165, 1.54) is 0 Å². The summed E-state index contributed by atoms with van der Waals surface area (Å²) in [5.41, 5.74) is 7.14. The van der Waals surface area contributed by atoms with E-state index in [4.69, 9.17) is 5.73 Å². The second kappa shape index (κ2) is 5.27. The molecule has 2 aromatic rings. The molecule has 0 radical (unpaired) electrons. The topological polar surface area (TPSA) is 80.9 Å². The third kappa shape index (κ3) is 2.82. The molecule has 2 aromatic heterocycles. The van der Waals surface area contributed by atoms with Crippen LogP contribution in [0.5, 0.6) is 0 Å². The Balaban J connectivity index is 2.14. The fourth-order valence-electron chi connectivity index (χ4n) is 1.61. The lowest BCUT2D eigenvalue weighted by atomic mass is 10.2. The van der Waals surface area contributed by atoms with Gasteiger partial charge in [-0.15, -0.1) is 0 Å². The van der Waals surface area contributed by atoms with E-state index in [1.54, 1.807) is 24.5 Å². The standard InChI is InChI=1S/C13H14N4O/c1-9(11-4-2-3-6-15-11)17-10-5-7-16-12(8-10)13(14)18/h2-9H,1H3,(H2,14,18)(H,16,17). The van der Waals surface area contributed by atoms with E-state index in [9.17, 15) is 4.79 Å². The Kier molecular flexibility index (Phi) is 3.52. The van der Waals surface area contributed by atoms with E-state index >= 15 is 0 Å². The molecule has 0 bridgehead atoms. The second-order valence-corrected chi connectivity index (χ2v) is 3.91. The molecule has 2 rings (SSSR count). The van der Waals surface area contributed by atoms with Crippen LogP contribution >= 0.6 is 0 Å². The highest BCUT2D eigenvalue weighted by Crippen LogP contribution is 2.17. The quantitative estimate of drug-likeness (QED) is 0.855. The number of aromatic nitrogens is 2. The summed E-state index contributed by atoms with van der Waals surface area (Å²) in [7, 11) is 0. The first-order valence-corrected chi connectivity index (χ1v) is 5.60. The van der Waals surface area contributed by atoms with Crippen LogP contribution in [0.15, 0.2) is 42.7 Å². The van der Waals surface area contributed by atoms with Crippen molar-refractivity contribution in [3.63, 3.8) is 0 Å². The fraction of sp³-hybridized carbons (Fsp3) is 0.154. The van der Waals surface area contributed by atoms with Gasteiger partial charge in [-0.05, 0) is 31.2 Å². The maximum absolute atomic E-state index is 11.0. The van der Waals surface area contributed by atoms with Gasteiger partial charge in [-0.2, -0.15) is 0 Å². The predicted octanol–water partition coefficient (Wildman–Crippen LogP) is 1.75. The zero-order valence-corrected chi connectivity index (χ0v) is 10.00. The molecule has 0 aromatic carbocycles. The number of anilines is 1. The van der Waals surface area contributed by atoms with Crippen LogP contribution in [0.1, 0.15) is 29.1 Å². The fourth-order valence-corrected chi connectivity index (χ4v) is 1.61. The Hall–Kier alpha value is -2.43. The Morgan fingerprint density at radius 3 is 2.78 bits per heavy atom. The summed E-state index contributed by atoms with van der Waals surface area (Å²) in [6, 6.07) is 9.19. The van der Waals surface area contributed by atoms with Gasteiger partial charge in [0.1, 0.15) is 5.69 Å². The summed E-state index contributed by atoms with van der Waals surface area (Å²) in [6.45, 7) is 1.99. The predicted molar refractivity (Wildman–Crippen MR) is 69.0 cm³/mol. The molecule has 92 valence electrons. The summed E-state index contributed by atoms with van der Waals surface area (Å²) >= 11 is 0. The van der Waals surface area contributed by atoms with Crippen molar-refractivity contribution >= 4 is 11.6 Å². The van der Waals surface area contributed by atoms with Crippen molar-refractivity contribution < 1.29 is 4.79 Å². The molecule has 0 saturated carbocycles. The average molecular weight is 242 g/mol. The maximum Gasteiger partial charge on any atom is 0.267 e. The van der Waals surface area contributed by atoms with Gasteiger partial charge in [-0.3, -0.25) is 14.8 Å². The van der Waals surface area contributed by atoms with Gasteiger partial charge < -0.3 is 11.1 Å². The van der Waals surface area contributed by atoms with E-state index in [2.05, 4.69) is 15.3 Å². The minimum absolute atomic E-state index is 0.0364. The lowest BCUT2D eigenvalue weighted by Gasteiger charge is -2.14. The smallest absolute Gasteiger partial charge is 0.267 e. The highest BCUT2D eigenvalue weighted by atomic mass is 16.1. The van der Waals surface area contributed by atoms with Gasteiger partial charge in [0.25, 0.3) is 5.91 Å². The highest BCUT2D eigenvalue weighted by molar-refractivity contribution is 5.91. The molecular formula is C13H14N4O. The van der Waals surface area contributed by atoms with E-state index in [-0.39, 0.29) is 11.7 Å². The van der Waals surface area contributed by atoms with Gasteiger partial charge in [-0.1, -0.05) is 6.07 Å². The molecule has 0 fully saturated rings. The molecule has 0 spiro atoms. The first-order chi connectivity index (χ1) is 8.66.